The van der Waals surface area contributed by atoms with Crippen LogP contribution in [0, 0.1) is 45.8 Å². The predicted octanol–water partition coefficient (Wildman–Crippen LogP) is 6.79. The van der Waals surface area contributed by atoms with Crippen LogP contribution in [-0.4, -0.2) is 49.1 Å². The summed E-state index contributed by atoms with van der Waals surface area (Å²) in [4.78, 5) is 0. The van der Waals surface area contributed by atoms with Crippen molar-refractivity contribution in [1.82, 2.24) is 0 Å². The van der Waals surface area contributed by atoms with Gasteiger partial charge in [-0.25, -0.2) is 0 Å². The van der Waals surface area contributed by atoms with E-state index in [2.05, 4.69) is 55.4 Å². The highest BCUT2D eigenvalue weighted by atomic mass is 28.4. The second-order valence-corrected chi connectivity index (χ2v) is 19.6. The van der Waals surface area contributed by atoms with Crippen molar-refractivity contribution >= 4 is 8.32 Å². The van der Waals surface area contributed by atoms with Crippen molar-refractivity contribution in [2.24, 2.45) is 45.8 Å². The smallest absolute Gasteiger partial charge is 0.192 e. The Morgan fingerprint density at radius 2 is 1.58 bits per heavy atom. The maximum Gasteiger partial charge on any atom is 0.192 e. The van der Waals surface area contributed by atoms with Gasteiger partial charge in [0.25, 0.3) is 0 Å². The van der Waals surface area contributed by atoms with Crippen molar-refractivity contribution in [1.29, 1.82) is 0 Å². The van der Waals surface area contributed by atoms with Gasteiger partial charge in [-0.3, -0.25) is 0 Å². The van der Waals surface area contributed by atoms with Gasteiger partial charge in [-0.05, 0) is 106 Å². The Labute approximate surface area is 222 Å². The molecule has 0 aromatic heterocycles. The van der Waals surface area contributed by atoms with Crippen LogP contribution in [0.3, 0.4) is 0 Å². The number of hydrogen-bond acceptors (Lipinski definition) is 4. The van der Waals surface area contributed by atoms with Crippen LogP contribution >= 0.6 is 0 Å². The monoisotopic (exact) mass is 520 g/mol. The fourth-order valence-corrected chi connectivity index (χ4v) is 14.8. The lowest BCUT2D eigenvalue weighted by Gasteiger charge is -2.62. The van der Waals surface area contributed by atoms with Crippen LogP contribution in [0.2, 0.25) is 18.1 Å². The number of aliphatic hydroxyl groups excluding tert-OH is 1. The van der Waals surface area contributed by atoms with Crippen molar-refractivity contribution in [2.75, 3.05) is 7.11 Å². The first-order valence-electron chi connectivity index (χ1n) is 15.4. The molecule has 5 aliphatic rings. The third kappa shape index (κ3) is 3.19. The maximum atomic E-state index is 12.7. The minimum absolute atomic E-state index is 0.147. The zero-order valence-corrected chi connectivity index (χ0v) is 25.8. The minimum atomic E-state index is -1.87. The standard InChI is InChI=1S/C31H56O4Si/c1-10-36(11-2,12-3)35-27(5,6)20(4)31(33)25(32)18-24-22-17-26(34-9)30-19-21(30)13-15-28(30,7)23(22)14-16-29(24,31)8/h20-26,32-33H,10-19H2,1-9H3/t20-,21-,22-,23+,24+,25-,26-,28-,29+,30+,31-/m1/s1. The third-order valence-corrected chi connectivity index (χ3v) is 19.1. The number of methoxy groups -OCH3 is 1. The van der Waals surface area contributed by atoms with E-state index >= 15 is 0 Å². The summed E-state index contributed by atoms with van der Waals surface area (Å²) in [5, 5.41) is 24.5. The number of hydrogen-bond donors (Lipinski definition) is 2. The summed E-state index contributed by atoms with van der Waals surface area (Å²) in [6.45, 7) is 18.3. The van der Waals surface area contributed by atoms with E-state index in [-0.39, 0.29) is 11.3 Å². The molecule has 0 heterocycles. The van der Waals surface area contributed by atoms with E-state index in [0.29, 0.717) is 34.7 Å². The molecule has 0 amide bonds. The number of aliphatic hydroxyl groups is 2. The van der Waals surface area contributed by atoms with Gasteiger partial charge in [0.2, 0.25) is 0 Å². The van der Waals surface area contributed by atoms with E-state index in [0.717, 1.165) is 43.3 Å². The van der Waals surface area contributed by atoms with Gasteiger partial charge < -0.3 is 19.4 Å². The van der Waals surface area contributed by atoms with Gasteiger partial charge >= 0.3 is 0 Å². The zero-order valence-electron chi connectivity index (χ0n) is 24.8. The first-order chi connectivity index (χ1) is 16.8. The van der Waals surface area contributed by atoms with E-state index in [1.807, 2.05) is 7.11 Å². The Kier molecular flexibility index (Phi) is 6.54. The molecular formula is C31H56O4Si. The van der Waals surface area contributed by atoms with Crippen LogP contribution in [0.5, 0.6) is 0 Å². The Morgan fingerprint density at radius 3 is 2.14 bits per heavy atom. The molecule has 2 N–H and O–H groups in total. The summed E-state index contributed by atoms with van der Waals surface area (Å²) in [5.41, 5.74) is -1.16. The number of fused-ring (bicyclic) bond motifs is 4. The Bertz CT molecular complexity index is 849. The molecule has 0 radical (unpaired) electrons. The Balaban J connectivity index is 1.47. The largest absolute Gasteiger partial charge is 0.412 e. The van der Waals surface area contributed by atoms with Crippen molar-refractivity contribution in [3.05, 3.63) is 0 Å². The van der Waals surface area contributed by atoms with Crippen LogP contribution in [0.1, 0.15) is 100 Å². The first kappa shape index (κ1) is 27.6. The molecule has 5 rings (SSSR count). The lowest BCUT2D eigenvalue weighted by Crippen LogP contribution is -2.65. The van der Waals surface area contributed by atoms with Crippen molar-refractivity contribution in [2.45, 2.75) is 142 Å². The van der Waals surface area contributed by atoms with Crippen molar-refractivity contribution in [3.8, 4) is 0 Å². The molecule has 36 heavy (non-hydrogen) atoms. The van der Waals surface area contributed by atoms with Crippen molar-refractivity contribution < 1.29 is 19.4 Å². The molecule has 5 saturated carbocycles. The summed E-state index contributed by atoms with van der Waals surface area (Å²) in [6.07, 6.45) is 7.73. The van der Waals surface area contributed by atoms with Gasteiger partial charge in [0.05, 0.1) is 17.8 Å². The highest BCUT2D eigenvalue weighted by Crippen LogP contribution is 2.82. The zero-order chi connectivity index (χ0) is 26.5. The molecule has 0 unspecified atom stereocenters. The van der Waals surface area contributed by atoms with Gasteiger partial charge in [-0.2, -0.15) is 0 Å². The fourth-order valence-electron chi connectivity index (χ4n) is 11.6. The number of ether oxygens (including phenoxy) is 1. The van der Waals surface area contributed by atoms with Crippen LogP contribution in [0.25, 0.3) is 0 Å². The van der Waals surface area contributed by atoms with Crippen LogP contribution in [-0.2, 0) is 9.16 Å². The van der Waals surface area contributed by atoms with E-state index in [1.165, 1.54) is 25.7 Å². The van der Waals surface area contributed by atoms with E-state index in [9.17, 15) is 10.2 Å². The van der Waals surface area contributed by atoms with E-state index in [1.54, 1.807) is 0 Å². The molecular weight excluding hydrogens is 464 g/mol. The SMILES string of the molecule is CC[Si](CC)(CC)OC(C)(C)[C@@H](C)[C@@]1(O)[C@H](O)C[C@H]2[C@@H]3C[C@@H](OC)[C@]45C[C@H]4CC[C@]5(C)[C@H]3CC[C@@]21C. The lowest BCUT2D eigenvalue weighted by molar-refractivity contribution is -0.222. The molecule has 0 bridgehead atoms. The summed E-state index contributed by atoms with van der Waals surface area (Å²) in [7, 11) is 0.0643. The molecule has 208 valence electrons. The topological polar surface area (TPSA) is 58.9 Å². The summed E-state index contributed by atoms with van der Waals surface area (Å²) in [6, 6.07) is 3.29. The molecule has 0 saturated heterocycles. The second kappa shape index (κ2) is 8.53. The average Bonchev–Trinajstić information content (AvgIpc) is 3.46. The summed E-state index contributed by atoms with van der Waals surface area (Å²) < 4.78 is 13.3. The molecule has 5 aliphatic carbocycles. The average molecular weight is 521 g/mol. The molecule has 11 atom stereocenters. The molecule has 5 heteroatoms. The van der Waals surface area contributed by atoms with Crippen LogP contribution < -0.4 is 0 Å². The molecule has 0 aliphatic heterocycles. The highest BCUT2D eigenvalue weighted by molar-refractivity contribution is 6.73. The Morgan fingerprint density at radius 1 is 0.972 bits per heavy atom. The minimum Gasteiger partial charge on any atom is -0.412 e. The second-order valence-electron chi connectivity index (χ2n) is 14.9. The summed E-state index contributed by atoms with van der Waals surface area (Å²) in [5.74, 6) is 2.28. The van der Waals surface area contributed by atoms with Crippen LogP contribution in [0.15, 0.2) is 0 Å². The molecule has 0 aromatic carbocycles. The summed E-state index contributed by atoms with van der Waals surface area (Å²) >= 11 is 0. The molecule has 1 spiro atoms. The quantitative estimate of drug-likeness (QED) is 0.346. The normalized spacial score (nSPS) is 50.8. The van der Waals surface area contributed by atoms with Gasteiger partial charge in [-0.15, -0.1) is 0 Å². The number of rotatable bonds is 8. The van der Waals surface area contributed by atoms with E-state index < -0.39 is 25.6 Å². The fraction of sp³-hybridized carbons (Fsp3) is 1.00. The lowest BCUT2D eigenvalue weighted by atomic mass is 9.44. The molecule has 4 nitrogen and oxygen atoms in total. The van der Waals surface area contributed by atoms with Crippen LogP contribution in [0.4, 0.5) is 0 Å². The van der Waals surface area contributed by atoms with Gasteiger partial charge in [-0.1, -0.05) is 41.5 Å². The molecule has 5 fully saturated rings. The molecule has 0 aromatic rings. The third-order valence-electron chi connectivity index (χ3n) is 14.2. The van der Waals surface area contributed by atoms with Gasteiger partial charge in [0.15, 0.2) is 8.32 Å². The van der Waals surface area contributed by atoms with Gasteiger partial charge in [0.1, 0.15) is 5.60 Å². The highest BCUT2D eigenvalue weighted by Gasteiger charge is 2.79. The van der Waals surface area contributed by atoms with E-state index in [4.69, 9.17) is 9.16 Å². The van der Waals surface area contributed by atoms with Crippen molar-refractivity contribution in [3.63, 3.8) is 0 Å². The Hall–Kier alpha value is 0.0569. The predicted molar refractivity (Wildman–Crippen MR) is 148 cm³/mol. The maximum absolute atomic E-state index is 12.7. The first-order valence-corrected chi connectivity index (χ1v) is 17.9. The van der Waals surface area contributed by atoms with Gasteiger partial charge in [0, 0.05) is 23.9 Å².